The average Bonchev–Trinajstić information content (AvgIpc) is 2.70. The van der Waals surface area contributed by atoms with E-state index in [9.17, 15) is 9.59 Å². The monoisotopic (exact) mass is 396 g/mol. The van der Waals surface area contributed by atoms with E-state index in [4.69, 9.17) is 5.73 Å². The van der Waals surface area contributed by atoms with Gasteiger partial charge in [0.2, 0.25) is 5.91 Å². The van der Waals surface area contributed by atoms with E-state index in [1.807, 2.05) is 0 Å². The van der Waals surface area contributed by atoms with Crippen molar-refractivity contribution in [3.8, 4) is 0 Å². The molecule has 1 amide bonds. The van der Waals surface area contributed by atoms with Gasteiger partial charge >= 0.3 is 0 Å². The number of rotatable bonds is 21. The average molecular weight is 397 g/mol. The molecule has 166 valence electrons. The highest BCUT2D eigenvalue weighted by Crippen LogP contribution is 2.17. The molecule has 0 bridgehead atoms. The zero-order valence-corrected chi connectivity index (χ0v) is 18.9. The van der Waals surface area contributed by atoms with Crippen molar-refractivity contribution in [1.29, 1.82) is 0 Å². The molecule has 0 aromatic heterocycles. The van der Waals surface area contributed by atoms with Crippen molar-refractivity contribution < 1.29 is 9.59 Å². The van der Waals surface area contributed by atoms with Gasteiger partial charge in [-0.25, -0.2) is 0 Å². The first-order valence-electron chi connectivity index (χ1n) is 12.1. The highest BCUT2D eigenvalue weighted by molar-refractivity contribution is 5.86. The van der Waals surface area contributed by atoms with Gasteiger partial charge < -0.3 is 11.1 Å². The van der Waals surface area contributed by atoms with Crippen LogP contribution in [0.2, 0.25) is 0 Å². The van der Waals surface area contributed by atoms with Gasteiger partial charge in [-0.1, -0.05) is 90.4 Å². The van der Waals surface area contributed by atoms with Crippen LogP contribution in [-0.2, 0) is 9.59 Å². The standard InChI is InChI=1S/C24H48N2O2/c1-3-4-5-6-7-8-9-10-11-12-13-14-15-19-23(27)21-22(24(28)26-2)18-16-17-20-25/h22H,3-21,25H2,1-2H3,(H,26,28). The van der Waals surface area contributed by atoms with Crippen molar-refractivity contribution >= 4 is 11.7 Å². The number of hydrogen-bond donors (Lipinski definition) is 2. The molecule has 4 nitrogen and oxygen atoms in total. The van der Waals surface area contributed by atoms with Gasteiger partial charge in [0.05, 0.1) is 0 Å². The Hall–Kier alpha value is -0.900. The van der Waals surface area contributed by atoms with Gasteiger partial charge in [-0.2, -0.15) is 0 Å². The molecule has 0 aliphatic rings. The van der Waals surface area contributed by atoms with Crippen LogP contribution >= 0.6 is 0 Å². The molecule has 0 heterocycles. The van der Waals surface area contributed by atoms with Gasteiger partial charge in [0.25, 0.3) is 0 Å². The van der Waals surface area contributed by atoms with Crippen LogP contribution in [0, 0.1) is 5.92 Å². The summed E-state index contributed by atoms with van der Waals surface area (Å²) in [5, 5.41) is 2.69. The first-order chi connectivity index (χ1) is 13.7. The van der Waals surface area contributed by atoms with Gasteiger partial charge in [0.15, 0.2) is 0 Å². The zero-order chi connectivity index (χ0) is 20.9. The Bertz CT molecular complexity index is 372. The highest BCUT2D eigenvalue weighted by Gasteiger charge is 2.20. The van der Waals surface area contributed by atoms with Crippen LogP contribution in [0.1, 0.15) is 122 Å². The van der Waals surface area contributed by atoms with Crippen LogP contribution in [0.25, 0.3) is 0 Å². The summed E-state index contributed by atoms with van der Waals surface area (Å²) < 4.78 is 0. The van der Waals surface area contributed by atoms with E-state index in [0.29, 0.717) is 19.4 Å². The zero-order valence-electron chi connectivity index (χ0n) is 18.9. The first kappa shape index (κ1) is 27.1. The van der Waals surface area contributed by atoms with E-state index in [1.165, 1.54) is 70.6 Å². The summed E-state index contributed by atoms with van der Waals surface area (Å²) in [6.07, 6.45) is 20.7. The number of ketones is 1. The summed E-state index contributed by atoms with van der Waals surface area (Å²) in [5.74, 6) is 0.0613. The fourth-order valence-electron chi connectivity index (χ4n) is 3.78. The molecular formula is C24H48N2O2. The Morgan fingerprint density at radius 2 is 1.25 bits per heavy atom. The summed E-state index contributed by atoms with van der Waals surface area (Å²) in [6, 6.07) is 0. The number of hydrogen-bond acceptors (Lipinski definition) is 3. The number of amides is 1. The smallest absolute Gasteiger partial charge is 0.223 e. The van der Waals surface area contributed by atoms with Gasteiger partial charge in [-0.15, -0.1) is 0 Å². The maximum Gasteiger partial charge on any atom is 0.223 e. The summed E-state index contributed by atoms with van der Waals surface area (Å²) >= 11 is 0. The Balaban J connectivity index is 3.57. The number of carbonyl (C=O) groups is 2. The molecule has 0 radical (unpaired) electrons. The lowest BCUT2D eigenvalue weighted by Crippen LogP contribution is -2.29. The fourth-order valence-corrected chi connectivity index (χ4v) is 3.78. The molecule has 0 aliphatic carbocycles. The molecule has 0 aliphatic heterocycles. The second-order valence-electron chi connectivity index (χ2n) is 8.33. The molecule has 0 saturated carbocycles. The van der Waals surface area contributed by atoms with Crippen LogP contribution in [0.3, 0.4) is 0 Å². The van der Waals surface area contributed by atoms with Crippen LogP contribution in [0.5, 0.6) is 0 Å². The fraction of sp³-hybridized carbons (Fsp3) is 0.917. The third kappa shape index (κ3) is 17.2. The normalized spacial score (nSPS) is 12.1. The molecule has 28 heavy (non-hydrogen) atoms. The van der Waals surface area contributed by atoms with Crippen LogP contribution in [0.15, 0.2) is 0 Å². The Morgan fingerprint density at radius 1 is 0.750 bits per heavy atom. The van der Waals surface area contributed by atoms with Gasteiger partial charge in [-0.05, 0) is 25.8 Å². The topological polar surface area (TPSA) is 72.2 Å². The second kappa shape index (κ2) is 20.8. The summed E-state index contributed by atoms with van der Waals surface area (Å²) in [6.45, 7) is 2.91. The molecule has 3 N–H and O–H groups in total. The minimum Gasteiger partial charge on any atom is -0.359 e. The molecule has 0 fully saturated rings. The predicted octanol–water partition coefficient (Wildman–Crippen LogP) is 5.92. The molecule has 0 aromatic carbocycles. The second-order valence-corrected chi connectivity index (χ2v) is 8.33. The molecular weight excluding hydrogens is 348 g/mol. The molecule has 0 aromatic rings. The maximum atomic E-state index is 12.2. The number of nitrogens with one attached hydrogen (secondary N) is 1. The molecule has 0 spiro atoms. The number of nitrogens with two attached hydrogens (primary N) is 1. The minimum atomic E-state index is -0.175. The number of Topliss-reactive ketones (excluding diaryl/α,β-unsaturated/α-hetero) is 1. The van der Waals surface area contributed by atoms with Crippen molar-refractivity contribution in [2.45, 2.75) is 122 Å². The van der Waals surface area contributed by atoms with E-state index in [1.54, 1.807) is 7.05 Å². The van der Waals surface area contributed by atoms with Crippen LogP contribution in [-0.4, -0.2) is 25.3 Å². The van der Waals surface area contributed by atoms with Crippen LogP contribution in [0.4, 0.5) is 0 Å². The molecule has 1 unspecified atom stereocenters. The Morgan fingerprint density at radius 3 is 1.71 bits per heavy atom. The van der Waals surface area contributed by atoms with Crippen molar-refractivity contribution in [3.63, 3.8) is 0 Å². The molecule has 0 rings (SSSR count). The largest absolute Gasteiger partial charge is 0.359 e. The van der Waals surface area contributed by atoms with E-state index in [-0.39, 0.29) is 17.6 Å². The van der Waals surface area contributed by atoms with Crippen molar-refractivity contribution in [2.75, 3.05) is 13.6 Å². The minimum absolute atomic E-state index is 0.00395. The van der Waals surface area contributed by atoms with Crippen LogP contribution < -0.4 is 11.1 Å². The van der Waals surface area contributed by atoms with Gasteiger partial charge in [-0.3, -0.25) is 9.59 Å². The van der Waals surface area contributed by atoms with Crippen molar-refractivity contribution in [2.24, 2.45) is 11.7 Å². The molecule has 4 heteroatoms. The Kier molecular flexibility index (Phi) is 20.2. The van der Waals surface area contributed by atoms with Gasteiger partial charge in [0, 0.05) is 25.8 Å². The van der Waals surface area contributed by atoms with E-state index >= 15 is 0 Å². The maximum absolute atomic E-state index is 12.2. The Labute approximate surface area is 174 Å². The molecule has 0 saturated heterocycles. The molecule has 1 atom stereocenters. The quantitative estimate of drug-likeness (QED) is 0.237. The van der Waals surface area contributed by atoms with Crippen molar-refractivity contribution in [1.82, 2.24) is 5.32 Å². The number of unbranched alkanes of at least 4 members (excludes halogenated alkanes) is 13. The predicted molar refractivity (Wildman–Crippen MR) is 120 cm³/mol. The van der Waals surface area contributed by atoms with Crippen molar-refractivity contribution in [3.05, 3.63) is 0 Å². The third-order valence-corrected chi connectivity index (χ3v) is 5.66. The van der Waals surface area contributed by atoms with E-state index < -0.39 is 0 Å². The van der Waals surface area contributed by atoms with Gasteiger partial charge in [0.1, 0.15) is 5.78 Å². The highest BCUT2D eigenvalue weighted by atomic mass is 16.2. The first-order valence-corrected chi connectivity index (χ1v) is 12.1. The summed E-state index contributed by atoms with van der Waals surface area (Å²) in [7, 11) is 1.65. The summed E-state index contributed by atoms with van der Waals surface area (Å²) in [4.78, 5) is 24.1. The SMILES string of the molecule is CCCCCCCCCCCCCCCC(=O)CC(CCCCN)C(=O)NC. The lowest BCUT2D eigenvalue weighted by atomic mass is 9.93. The van der Waals surface area contributed by atoms with E-state index in [2.05, 4.69) is 12.2 Å². The third-order valence-electron chi connectivity index (χ3n) is 5.66. The lowest BCUT2D eigenvalue weighted by molar-refractivity contribution is -0.129. The number of carbonyl (C=O) groups excluding carboxylic acids is 2. The summed E-state index contributed by atoms with van der Waals surface area (Å²) in [5.41, 5.74) is 5.52. The lowest BCUT2D eigenvalue weighted by Gasteiger charge is -2.14. The van der Waals surface area contributed by atoms with E-state index in [0.717, 1.165) is 32.1 Å².